The molecule has 0 aliphatic heterocycles. The first kappa shape index (κ1) is 48.7. The van der Waals surface area contributed by atoms with Gasteiger partial charge in [0.1, 0.15) is 0 Å². The summed E-state index contributed by atoms with van der Waals surface area (Å²) in [6, 6.07) is 25.4. The average molecular weight is 1080 g/mol. The van der Waals surface area contributed by atoms with Crippen LogP contribution >= 0.6 is 0 Å². The number of halogens is 4. The van der Waals surface area contributed by atoms with Crippen LogP contribution in [0, 0.1) is 34.6 Å². The molecule has 0 amide bonds. The van der Waals surface area contributed by atoms with Crippen LogP contribution in [-0.2, 0) is 40.8 Å². The largest absolute Gasteiger partial charge is 2.00 e. The molecule has 48 heavy (non-hydrogen) atoms. The molecule has 0 aliphatic carbocycles. The second-order valence-corrected chi connectivity index (χ2v) is 11.3. The van der Waals surface area contributed by atoms with Gasteiger partial charge in [-0.1, -0.05) is 38.1 Å². The number of hydrogen-bond acceptors (Lipinski definition) is 4. The summed E-state index contributed by atoms with van der Waals surface area (Å²) in [5.74, 6) is 0.367. The zero-order valence-corrected chi connectivity index (χ0v) is 37.2. The average Bonchev–Trinajstić information content (AvgIpc) is 2.97. The van der Waals surface area contributed by atoms with Gasteiger partial charge >= 0.3 is 40.8 Å². The summed E-state index contributed by atoms with van der Waals surface area (Å²) in [6.45, 7) is 15.3. The summed E-state index contributed by atoms with van der Waals surface area (Å²) in [5.41, 5.74) is 15.8. The molecule has 0 saturated carbocycles. The fourth-order valence-electron chi connectivity index (χ4n) is 5.66. The van der Waals surface area contributed by atoms with E-state index in [2.05, 4.69) is 94.8 Å². The van der Waals surface area contributed by atoms with Crippen LogP contribution in [0.15, 0.2) is 95.2 Å². The Morgan fingerprint density at radius 3 is 1.27 bits per heavy atom. The maximum Gasteiger partial charge on any atom is 2.00 e. The van der Waals surface area contributed by atoms with Crippen molar-refractivity contribution >= 4 is 23.8 Å². The third-order valence-corrected chi connectivity index (χ3v) is 7.65. The van der Waals surface area contributed by atoms with Crippen LogP contribution in [0.2, 0.25) is 0 Å². The minimum Gasteiger partial charge on any atom is -1.00 e. The normalized spacial score (nSPS) is 10.2. The van der Waals surface area contributed by atoms with E-state index in [4.69, 9.17) is 9.98 Å². The third kappa shape index (κ3) is 11.5. The monoisotopic (exact) mass is 1080 g/mol. The van der Waals surface area contributed by atoms with Crippen molar-refractivity contribution < 1.29 is 109 Å². The minimum absolute atomic E-state index is 0. The van der Waals surface area contributed by atoms with Crippen molar-refractivity contribution in [3.05, 3.63) is 130 Å². The van der Waals surface area contributed by atoms with Gasteiger partial charge in [0.25, 0.3) is 0 Å². The molecule has 0 aliphatic rings. The number of aliphatic imine (C=N–C) groups is 2. The summed E-state index contributed by atoms with van der Waals surface area (Å²) in [6.07, 6.45) is 7.27. The van der Waals surface area contributed by atoms with Gasteiger partial charge in [0.2, 0.25) is 0 Å². The molecule has 0 N–H and O–H groups in total. The van der Waals surface area contributed by atoms with E-state index in [1.165, 1.54) is 33.4 Å². The molecule has 258 valence electrons. The standard InChI is InChI=1S/C38H38N4.4BrH.2Pd/c1-24(2)34-15-14-25(3)35(30-18-26(4)37(27(5)19-30)41-22-32-12-8-10-16-39-32)36(34)31-20-28(6)38(29(7)21-31)42-23-33-13-9-11-17-40-33;;;;;;/h8-24H,1-7H3;4*1H;;/q;;;;;2*+2/p-4/b41-22+,42-23+;;;;;;. The van der Waals surface area contributed by atoms with Gasteiger partial charge in [0.15, 0.2) is 0 Å². The maximum absolute atomic E-state index is 4.83. The number of aromatic nitrogens is 2. The van der Waals surface area contributed by atoms with Gasteiger partial charge in [-0.05, 0) is 145 Å². The number of nitrogens with zero attached hydrogens (tertiary/aromatic N) is 4. The summed E-state index contributed by atoms with van der Waals surface area (Å²) >= 11 is 0. The first-order valence-electron chi connectivity index (χ1n) is 14.5. The first-order chi connectivity index (χ1) is 20.2. The van der Waals surface area contributed by atoms with Crippen LogP contribution < -0.4 is 67.9 Å². The van der Waals surface area contributed by atoms with Crippen molar-refractivity contribution in [3.63, 3.8) is 0 Å². The van der Waals surface area contributed by atoms with Crippen LogP contribution in [-0.4, -0.2) is 22.4 Å². The number of pyridine rings is 2. The fourth-order valence-corrected chi connectivity index (χ4v) is 5.66. The Kier molecular flexibility index (Phi) is 22.7. The van der Waals surface area contributed by atoms with Gasteiger partial charge in [-0.3, -0.25) is 20.0 Å². The van der Waals surface area contributed by atoms with Crippen molar-refractivity contribution in [2.75, 3.05) is 0 Å². The Morgan fingerprint density at radius 2 is 0.917 bits per heavy atom. The van der Waals surface area contributed by atoms with E-state index in [0.29, 0.717) is 5.92 Å². The Bertz CT molecular complexity index is 1770. The first-order valence-corrected chi connectivity index (χ1v) is 14.5. The number of aryl methyl sites for hydroxylation is 5. The summed E-state index contributed by atoms with van der Waals surface area (Å²) < 4.78 is 0. The van der Waals surface area contributed by atoms with E-state index in [9.17, 15) is 0 Å². The Morgan fingerprint density at radius 1 is 0.521 bits per heavy atom. The number of rotatable bonds is 7. The van der Waals surface area contributed by atoms with Gasteiger partial charge in [-0.2, -0.15) is 0 Å². The Labute approximate surface area is 355 Å². The van der Waals surface area contributed by atoms with Crippen LogP contribution in [0.1, 0.15) is 64.5 Å². The predicted octanol–water partition coefficient (Wildman–Crippen LogP) is -2.01. The topological polar surface area (TPSA) is 50.5 Å². The zero-order chi connectivity index (χ0) is 29.8. The molecule has 2 aromatic heterocycles. The maximum atomic E-state index is 4.83. The quantitative estimate of drug-likeness (QED) is 0.140. The fraction of sp³-hybridized carbons (Fsp3) is 0.211. The molecular formula is C38H38Br4N4Pd2. The van der Waals surface area contributed by atoms with E-state index >= 15 is 0 Å². The Balaban J connectivity index is 0. The van der Waals surface area contributed by atoms with E-state index in [1.54, 1.807) is 12.4 Å². The van der Waals surface area contributed by atoms with E-state index in [1.807, 2.05) is 48.8 Å². The van der Waals surface area contributed by atoms with Gasteiger partial charge in [-0.15, -0.1) is 0 Å². The van der Waals surface area contributed by atoms with E-state index in [-0.39, 0.29) is 109 Å². The molecule has 0 spiro atoms. The molecule has 0 radical (unpaired) electrons. The van der Waals surface area contributed by atoms with Gasteiger partial charge < -0.3 is 67.9 Å². The van der Waals surface area contributed by atoms with Gasteiger partial charge in [-0.25, -0.2) is 0 Å². The molecule has 5 aromatic rings. The van der Waals surface area contributed by atoms with Crippen LogP contribution in [0.5, 0.6) is 0 Å². The van der Waals surface area contributed by atoms with Gasteiger partial charge in [0.05, 0.1) is 35.2 Å². The molecule has 0 bridgehead atoms. The van der Waals surface area contributed by atoms with E-state index in [0.717, 1.165) is 45.0 Å². The predicted molar refractivity (Wildman–Crippen MR) is 178 cm³/mol. The number of hydrogen-bond donors (Lipinski definition) is 0. The van der Waals surface area contributed by atoms with Crippen LogP contribution in [0.3, 0.4) is 0 Å². The van der Waals surface area contributed by atoms with Crippen molar-refractivity contribution in [2.45, 2.75) is 54.4 Å². The molecule has 5 rings (SSSR count). The van der Waals surface area contributed by atoms with Crippen molar-refractivity contribution in [3.8, 4) is 22.3 Å². The van der Waals surface area contributed by atoms with Crippen molar-refractivity contribution in [1.29, 1.82) is 0 Å². The Hall–Kier alpha value is -1.46. The minimum atomic E-state index is 0. The molecular weight excluding hydrogens is 1040 g/mol. The summed E-state index contributed by atoms with van der Waals surface area (Å²) in [5, 5.41) is 0. The SMILES string of the molecule is Cc1cc(-c2c(C)ccc(C(C)C)c2-c2cc(C)c(/N=C/c3ccccn3)c(C)c2)cc(C)c1/N=C/c1ccccn1.[Br-].[Br-].[Br-].[Br-].[Pd+2].[Pd+2]. The number of benzene rings is 3. The summed E-state index contributed by atoms with van der Waals surface area (Å²) in [4.78, 5) is 18.4. The van der Waals surface area contributed by atoms with Gasteiger partial charge in [0, 0.05) is 12.4 Å². The molecule has 4 nitrogen and oxygen atoms in total. The van der Waals surface area contributed by atoms with Crippen molar-refractivity contribution in [2.24, 2.45) is 9.98 Å². The van der Waals surface area contributed by atoms with Crippen LogP contribution in [0.4, 0.5) is 11.4 Å². The van der Waals surface area contributed by atoms with Crippen molar-refractivity contribution in [1.82, 2.24) is 9.97 Å². The zero-order valence-electron chi connectivity index (χ0n) is 27.7. The molecule has 3 aromatic carbocycles. The molecule has 0 fully saturated rings. The molecule has 10 heteroatoms. The van der Waals surface area contributed by atoms with Crippen LogP contribution in [0.25, 0.3) is 22.3 Å². The third-order valence-electron chi connectivity index (χ3n) is 7.65. The second-order valence-electron chi connectivity index (χ2n) is 11.3. The molecule has 0 unspecified atom stereocenters. The molecule has 0 atom stereocenters. The molecule has 2 heterocycles. The smallest absolute Gasteiger partial charge is 1.00 e. The molecule has 0 saturated heterocycles. The summed E-state index contributed by atoms with van der Waals surface area (Å²) in [7, 11) is 0. The second kappa shape index (κ2) is 22.4. The van der Waals surface area contributed by atoms with E-state index < -0.39 is 0 Å².